The fourth-order valence-corrected chi connectivity index (χ4v) is 1.59. The first-order chi connectivity index (χ1) is 5.77. The van der Waals surface area contributed by atoms with Crippen LogP contribution in [0.5, 0.6) is 0 Å². The summed E-state index contributed by atoms with van der Waals surface area (Å²) in [6, 6.07) is -0.202. The van der Waals surface area contributed by atoms with Crippen LogP contribution in [0.4, 0.5) is 4.79 Å². The lowest BCUT2D eigenvalue weighted by atomic mass is 9.90. The highest BCUT2D eigenvalue weighted by molar-refractivity contribution is 5.89. The predicted molar refractivity (Wildman–Crippen MR) is 42.3 cm³/mol. The Balaban J connectivity index is 2.22. The van der Waals surface area contributed by atoms with Crippen molar-refractivity contribution in [3.8, 4) is 0 Å². The molecule has 1 unspecified atom stereocenters. The zero-order valence-corrected chi connectivity index (χ0v) is 6.59. The van der Waals surface area contributed by atoms with Crippen LogP contribution in [0.1, 0.15) is 12.8 Å². The Morgan fingerprint density at radius 1 is 1.42 bits per heavy atom. The number of hydrogen-bond acceptors (Lipinski definition) is 2. The molecule has 2 amide bonds. The van der Waals surface area contributed by atoms with Crippen molar-refractivity contribution in [3.63, 3.8) is 0 Å². The molecule has 1 aliphatic carbocycles. The highest BCUT2D eigenvalue weighted by Gasteiger charge is 2.30. The molecule has 0 aromatic rings. The standard InChI is InChI=1S/C8H10N2O2/c11-7-3-1-2-6-5(7)4-9-8(12)10-6/h2,5H,1,3-4H2,(H2,9,10,12). The minimum Gasteiger partial charge on any atom is -0.337 e. The largest absolute Gasteiger partial charge is 0.337 e. The second-order valence-corrected chi connectivity index (χ2v) is 3.05. The molecule has 1 heterocycles. The number of fused-ring (bicyclic) bond motifs is 1. The smallest absolute Gasteiger partial charge is 0.319 e. The molecule has 0 radical (unpaired) electrons. The molecular formula is C8H10N2O2. The zero-order valence-electron chi connectivity index (χ0n) is 6.59. The highest BCUT2D eigenvalue weighted by Crippen LogP contribution is 2.20. The minimum absolute atomic E-state index is 0.114. The maximum Gasteiger partial charge on any atom is 0.319 e. The van der Waals surface area contributed by atoms with Crippen molar-refractivity contribution in [2.75, 3.05) is 6.54 Å². The molecule has 0 bridgehead atoms. The lowest BCUT2D eigenvalue weighted by Gasteiger charge is -2.28. The van der Waals surface area contributed by atoms with Crippen LogP contribution in [-0.2, 0) is 4.79 Å². The maximum absolute atomic E-state index is 11.3. The van der Waals surface area contributed by atoms with Crippen LogP contribution in [-0.4, -0.2) is 18.4 Å². The molecule has 12 heavy (non-hydrogen) atoms. The fourth-order valence-electron chi connectivity index (χ4n) is 1.59. The quantitative estimate of drug-likeness (QED) is 0.538. The third-order valence-electron chi connectivity index (χ3n) is 2.24. The van der Waals surface area contributed by atoms with Gasteiger partial charge in [-0.25, -0.2) is 4.79 Å². The van der Waals surface area contributed by atoms with Gasteiger partial charge in [0.05, 0.1) is 5.92 Å². The van der Waals surface area contributed by atoms with Gasteiger partial charge in [0.1, 0.15) is 5.78 Å². The van der Waals surface area contributed by atoms with Gasteiger partial charge in [-0.1, -0.05) is 6.08 Å². The summed E-state index contributed by atoms with van der Waals surface area (Å²) in [6.07, 6.45) is 3.29. The third-order valence-corrected chi connectivity index (χ3v) is 2.24. The Kier molecular flexibility index (Phi) is 1.60. The van der Waals surface area contributed by atoms with E-state index in [1.54, 1.807) is 0 Å². The van der Waals surface area contributed by atoms with Gasteiger partial charge in [-0.05, 0) is 6.42 Å². The SMILES string of the molecule is O=C1NCC2C(=O)CCC=C2N1. The lowest BCUT2D eigenvalue weighted by molar-refractivity contribution is -0.122. The van der Waals surface area contributed by atoms with Crippen LogP contribution in [0.25, 0.3) is 0 Å². The van der Waals surface area contributed by atoms with Gasteiger partial charge >= 0.3 is 6.03 Å². The van der Waals surface area contributed by atoms with Gasteiger partial charge in [0.15, 0.2) is 0 Å². The normalized spacial score (nSPS) is 28.3. The van der Waals surface area contributed by atoms with Crippen LogP contribution < -0.4 is 10.6 Å². The van der Waals surface area contributed by atoms with Crippen molar-refractivity contribution >= 4 is 11.8 Å². The van der Waals surface area contributed by atoms with Crippen LogP contribution in [0.15, 0.2) is 11.8 Å². The Morgan fingerprint density at radius 2 is 2.25 bits per heavy atom. The zero-order chi connectivity index (χ0) is 8.55. The highest BCUT2D eigenvalue weighted by atomic mass is 16.2. The molecule has 2 rings (SSSR count). The molecule has 0 aromatic heterocycles. The van der Waals surface area contributed by atoms with E-state index in [-0.39, 0.29) is 17.7 Å². The Hall–Kier alpha value is -1.32. The number of urea groups is 1. The molecule has 1 aliphatic heterocycles. The monoisotopic (exact) mass is 166 g/mol. The Bertz CT molecular complexity index is 270. The van der Waals surface area contributed by atoms with E-state index in [2.05, 4.69) is 10.6 Å². The number of carbonyl (C=O) groups is 2. The molecule has 2 aliphatic rings. The number of allylic oxidation sites excluding steroid dienone is 1. The molecule has 64 valence electrons. The van der Waals surface area contributed by atoms with Crippen LogP contribution in [0.3, 0.4) is 0 Å². The van der Waals surface area contributed by atoms with Crippen molar-refractivity contribution in [1.82, 2.24) is 10.6 Å². The van der Waals surface area contributed by atoms with Crippen molar-refractivity contribution < 1.29 is 9.59 Å². The molecule has 0 saturated carbocycles. The first-order valence-corrected chi connectivity index (χ1v) is 4.05. The van der Waals surface area contributed by atoms with E-state index in [0.29, 0.717) is 13.0 Å². The molecule has 1 fully saturated rings. The van der Waals surface area contributed by atoms with Crippen LogP contribution in [0.2, 0.25) is 0 Å². The second-order valence-electron chi connectivity index (χ2n) is 3.05. The van der Waals surface area contributed by atoms with Gasteiger partial charge in [0.2, 0.25) is 0 Å². The number of ketones is 1. The number of hydrogen-bond donors (Lipinski definition) is 2. The minimum atomic E-state index is -0.202. The van der Waals surface area contributed by atoms with Gasteiger partial charge in [0.25, 0.3) is 0 Å². The van der Waals surface area contributed by atoms with E-state index in [0.717, 1.165) is 12.1 Å². The van der Waals surface area contributed by atoms with Crippen molar-refractivity contribution in [2.24, 2.45) is 5.92 Å². The van der Waals surface area contributed by atoms with Crippen LogP contribution in [0, 0.1) is 5.92 Å². The molecule has 1 atom stereocenters. The number of carbonyl (C=O) groups excluding carboxylic acids is 2. The van der Waals surface area contributed by atoms with E-state index in [1.165, 1.54) is 0 Å². The van der Waals surface area contributed by atoms with Crippen molar-refractivity contribution in [2.45, 2.75) is 12.8 Å². The van der Waals surface area contributed by atoms with E-state index in [1.807, 2.05) is 6.08 Å². The summed E-state index contributed by atoms with van der Waals surface area (Å²) >= 11 is 0. The van der Waals surface area contributed by atoms with Crippen molar-refractivity contribution in [1.29, 1.82) is 0 Å². The van der Waals surface area contributed by atoms with E-state index in [9.17, 15) is 9.59 Å². The molecule has 0 spiro atoms. The van der Waals surface area contributed by atoms with Crippen molar-refractivity contribution in [3.05, 3.63) is 11.8 Å². The number of nitrogens with one attached hydrogen (secondary N) is 2. The molecule has 0 aromatic carbocycles. The Labute approximate surface area is 70.0 Å². The second kappa shape index (κ2) is 2.62. The summed E-state index contributed by atoms with van der Waals surface area (Å²) in [5.41, 5.74) is 0.787. The average molecular weight is 166 g/mol. The first kappa shape index (κ1) is 7.34. The Morgan fingerprint density at radius 3 is 3.08 bits per heavy atom. The third kappa shape index (κ3) is 1.09. The van der Waals surface area contributed by atoms with E-state index >= 15 is 0 Å². The molecule has 4 nitrogen and oxygen atoms in total. The van der Waals surface area contributed by atoms with Crippen LogP contribution >= 0.6 is 0 Å². The van der Waals surface area contributed by atoms with Gasteiger partial charge < -0.3 is 10.6 Å². The molecule has 4 heteroatoms. The van der Waals surface area contributed by atoms with Gasteiger partial charge in [-0.15, -0.1) is 0 Å². The summed E-state index contributed by atoms with van der Waals surface area (Å²) in [6.45, 7) is 0.455. The van der Waals surface area contributed by atoms with E-state index < -0.39 is 0 Å². The summed E-state index contributed by atoms with van der Waals surface area (Å²) in [5.74, 6) is 0.108. The number of amides is 2. The molecule has 1 saturated heterocycles. The summed E-state index contributed by atoms with van der Waals surface area (Å²) < 4.78 is 0. The lowest BCUT2D eigenvalue weighted by Crippen LogP contribution is -2.49. The van der Waals surface area contributed by atoms with Gasteiger partial charge in [-0.2, -0.15) is 0 Å². The summed E-state index contributed by atoms with van der Waals surface area (Å²) in [5, 5.41) is 5.24. The first-order valence-electron chi connectivity index (χ1n) is 4.05. The summed E-state index contributed by atoms with van der Waals surface area (Å²) in [7, 11) is 0. The maximum atomic E-state index is 11.3. The number of Topliss-reactive ketones (excluding diaryl/α,β-unsaturated/α-hetero) is 1. The molecular weight excluding hydrogens is 156 g/mol. The average Bonchev–Trinajstić information content (AvgIpc) is 2.04. The van der Waals surface area contributed by atoms with Gasteiger partial charge in [0, 0.05) is 18.7 Å². The topological polar surface area (TPSA) is 58.2 Å². The number of rotatable bonds is 0. The fraction of sp³-hybridized carbons (Fsp3) is 0.500. The summed E-state index contributed by atoms with van der Waals surface area (Å²) in [4.78, 5) is 22.2. The predicted octanol–water partition coefficient (Wildman–Crippen LogP) is 0.162. The van der Waals surface area contributed by atoms with E-state index in [4.69, 9.17) is 0 Å². The van der Waals surface area contributed by atoms with Gasteiger partial charge in [-0.3, -0.25) is 4.79 Å². The molecule has 2 N–H and O–H groups in total.